The zero-order chi connectivity index (χ0) is 12.3. The van der Waals surface area contributed by atoms with E-state index in [2.05, 4.69) is 17.3 Å². The lowest BCUT2D eigenvalue weighted by atomic mass is 10.0. The van der Waals surface area contributed by atoms with Crippen LogP contribution in [0.2, 0.25) is 0 Å². The van der Waals surface area contributed by atoms with Crippen molar-refractivity contribution in [3.8, 4) is 0 Å². The molecule has 1 atom stereocenters. The number of primary amides is 1. The van der Waals surface area contributed by atoms with Crippen LogP contribution in [0.25, 0.3) is 0 Å². The van der Waals surface area contributed by atoms with Gasteiger partial charge in [-0.3, -0.25) is 9.48 Å². The number of carbonyl (C=O) groups excluding carboxylic acids is 1. The minimum atomic E-state index is -0.336. The fourth-order valence-corrected chi connectivity index (χ4v) is 1.97. The summed E-state index contributed by atoms with van der Waals surface area (Å²) in [4.78, 5) is 10.8. The molecule has 0 saturated heterocycles. The average Bonchev–Trinajstić information content (AvgIpc) is 2.45. The molecule has 0 radical (unpaired) electrons. The van der Waals surface area contributed by atoms with Gasteiger partial charge < -0.3 is 11.1 Å². The molecule has 0 spiro atoms. The number of carbonyl (C=O) groups is 1. The van der Waals surface area contributed by atoms with Gasteiger partial charge in [0.05, 0.1) is 12.2 Å². The number of rotatable bonds is 5. The molecule has 0 bridgehead atoms. The number of amides is 1. The fraction of sp³-hybridized carbons (Fsp3) is 0.636. The van der Waals surface area contributed by atoms with E-state index in [1.807, 2.05) is 25.6 Å². The van der Waals surface area contributed by atoms with Crippen LogP contribution in [-0.2, 0) is 11.8 Å². The van der Waals surface area contributed by atoms with Crippen LogP contribution in [0.4, 0.5) is 0 Å². The standard InChI is InChI=1S/C11H20N4O/c1-5-9(13-6-10(12)16)11-7(2)14-15(4)8(11)3/h9,13H,5-6H2,1-4H3,(H2,12,16)/t9-/m0/s1. The summed E-state index contributed by atoms with van der Waals surface area (Å²) in [5.41, 5.74) is 8.43. The number of aryl methyl sites for hydroxylation is 2. The molecule has 1 aromatic rings. The Labute approximate surface area is 96.0 Å². The van der Waals surface area contributed by atoms with Gasteiger partial charge in [-0.1, -0.05) is 6.92 Å². The van der Waals surface area contributed by atoms with Gasteiger partial charge in [-0.25, -0.2) is 0 Å². The van der Waals surface area contributed by atoms with E-state index in [9.17, 15) is 4.79 Å². The Hall–Kier alpha value is -1.36. The molecule has 0 unspecified atom stereocenters. The van der Waals surface area contributed by atoms with Gasteiger partial charge in [0.2, 0.25) is 5.91 Å². The average molecular weight is 224 g/mol. The van der Waals surface area contributed by atoms with Crippen LogP contribution >= 0.6 is 0 Å². The maximum absolute atomic E-state index is 10.8. The first-order valence-corrected chi connectivity index (χ1v) is 5.49. The lowest BCUT2D eigenvalue weighted by molar-refractivity contribution is -0.117. The monoisotopic (exact) mass is 224 g/mol. The van der Waals surface area contributed by atoms with Crippen LogP contribution in [0.5, 0.6) is 0 Å². The van der Waals surface area contributed by atoms with E-state index < -0.39 is 0 Å². The first-order valence-electron chi connectivity index (χ1n) is 5.49. The van der Waals surface area contributed by atoms with Gasteiger partial charge in [-0.15, -0.1) is 0 Å². The first-order chi connectivity index (χ1) is 7.47. The van der Waals surface area contributed by atoms with Crippen molar-refractivity contribution < 1.29 is 4.79 Å². The van der Waals surface area contributed by atoms with Crippen molar-refractivity contribution in [2.75, 3.05) is 6.54 Å². The molecule has 5 heteroatoms. The highest BCUT2D eigenvalue weighted by atomic mass is 16.1. The van der Waals surface area contributed by atoms with Crippen LogP contribution in [0.1, 0.15) is 36.3 Å². The van der Waals surface area contributed by atoms with E-state index in [0.29, 0.717) is 0 Å². The quantitative estimate of drug-likeness (QED) is 0.767. The molecule has 0 aromatic carbocycles. The van der Waals surface area contributed by atoms with Crippen LogP contribution < -0.4 is 11.1 Å². The van der Waals surface area contributed by atoms with Crippen molar-refractivity contribution in [2.45, 2.75) is 33.2 Å². The summed E-state index contributed by atoms with van der Waals surface area (Å²) in [7, 11) is 1.92. The molecule has 0 aliphatic carbocycles. The maximum Gasteiger partial charge on any atom is 0.231 e. The van der Waals surface area contributed by atoms with Crippen molar-refractivity contribution in [3.63, 3.8) is 0 Å². The van der Waals surface area contributed by atoms with Crippen molar-refractivity contribution in [2.24, 2.45) is 12.8 Å². The topological polar surface area (TPSA) is 72.9 Å². The normalized spacial score (nSPS) is 12.8. The smallest absolute Gasteiger partial charge is 0.231 e. The van der Waals surface area contributed by atoms with Gasteiger partial charge in [0.1, 0.15) is 0 Å². The maximum atomic E-state index is 10.8. The molecule has 1 aromatic heterocycles. The van der Waals surface area contributed by atoms with Gasteiger partial charge in [-0.05, 0) is 20.3 Å². The molecule has 0 saturated carbocycles. The molecule has 90 valence electrons. The zero-order valence-corrected chi connectivity index (χ0v) is 10.4. The molecule has 0 aliphatic heterocycles. The number of hydrogen-bond acceptors (Lipinski definition) is 3. The van der Waals surface area contributed by atoms with Crippen molar-refractivity contribution in [1.29, 1.82) is 0 Å². The fourth-order valence-electron chi connectivity index (χ4n) is 1.97. The van der Waals surface area contributed by atoms with Crippen molar-refractivity contribution in [3.05, 3.63) is 17.0 Å². The van der Waals surface area contributed by atoms with Gasteiger partial charge in [0.25, 0.3) is 0 Å². The summed E-state index contributed by atoms with van der Waals surface area (Å²) in [5.74, 6) is -0.336. The minimum Gasteiger partial charge on any atom is -0.369 e. The Morgan fingerprint density at radius 3 is 2.56 bits per heavy atom. The van der Waals surface area contributed by atoms with Crippen molar-refractivity contribution in [1.82, 2.24) is 15.1 Å². The Morgan fingerprint density at radius 2 is 2.19 bits per heavy atom. The second-order valence-corrected chi connectivity index (χ2v) is 4.02. The number of hydrogen-bond donors (Lipinski definition) is 2. The van der Waals surface area contributed by atoms with Gasteiger partial charge in [-0.2, -0.15) is 5.10 Å². The predicted octanol–water partition coefficient (Wildman–Crippen LogP) is 0.563. The Morgan fingerprint density at radius 1 is 1.56 bits per heavy atom. The Bertz CT molecular complexity index is 384. The van der Waals surface area contributed by atoms with Crippen LogP contribution in [0.3, 0.4) is 0 Å². The van der Waals surface area contributed by atoms with E-state index in [0.717, 1.165) is 17.8 Å². The summed E-state index contributed by atoms with van der Waals surface area (Å²) in [6, 6.07) is 0.140. The van der Waals surface area contributed by atoms with E-state index in [-0.39, 0.29) is 18.5 Å². The molecule has 3 N–H and O–H groups in total. The lowest BCUT2D eigenvalue weighted by Crippen LogP contribution is -2.32. The Balaban J connectivity index is 2.90. The molecular formula is C11H20N4O. The minimum absolute atomic E-state index is 0.140. The summed E-state index contributed by atoms with van der Waals surface area (Å²) >= 11 is 0. The number of nitrogens with zero attached hydrogens (tertiary/aromatic N) is 2. The van der Waals surface area contributed by atoms with Crippen LogP contribution in [-0.4, -0.2) is 22.2 Å². The summed E-state index contributed by atoms with van der Waals surface area (Å²) < 4.78 is 1.86. The second-order valence-electron chi connectivity index (χ2n) is 4.02. The first kappa shape index (κ1) is 12.7. The molecular weight excluding hydrogens is 204 g/mol. The predicted molar refractivity (Wildman–Crippen MR) is 62.9 cm³/mol. The van der Waals surface area contributed by atoms with Crippen LogP contribution in [0, 0.1) is 13.8 Å². The number of nitrogens with two attached hydrogens (primary N) is 1. The molecule has 0 fully saturated rings. The summed E-state index contributed by atoms with van der Waals surface area (Å²) in [5, 5.41) is 7.52. The molecule has 0 aliphatic rings. The molecule has 1 amide bonds. The molecule has 1 rings (SSSR count). The third kappa shape index (κ3) is 2.61. The van der Waals surface area contributed by atoms with Gasteiger partial charge in [0.15, 0.2) is 0 Å². The second kappa shape index (κ2) is 5.12. The molecule has 1 heterocycles. The largest absolute Gasteiger partial charge is 0.369 e. The van der Waals surface area contributed by atoms with Gasteiger partial charge >= 0.3 is 0 Å². The zero-order valence-electron chi connectivity index (χ0n) is 10.4. The highest BCUT2D eigenvalue weighted by Crippen LogP contribution is 2.23. The molecule has 16 heavy (non-hydrogen) atoms. The Kier molecular flexibility index (Phi) is 4.06. The van der Waals surface area contributed by atoms with Crippen LogP contribution in [0.15, 0.2) is 0 Å². The third-order valence-corrected chi connectivity index (χ3v) is 2.84. The van der Waals surface area contributed by atoms with E-state index >= 15 is 0 Å². The summed E-state index contributed by atoms with van der Waals surface area (Å²) in [6.07, 6.45) is 0.903. The summed E-state index contributed by atoms with van der Waals surface area (Å²) in [6.45, 7) is 6.29. The van der Waals surface area contributed by atoms with E-state index in [1.165, 1.54) is 5.56 Å². The lowest BCUT2D eigenvalue weighted by Gasteiger charge is -2.16. The van der Waals surface area contributed by atoms with Crippen molar-refractivity contribution >= 4 is 5.91 Å². The van der Waals surface area contributed by atoms with E-state index in [1.54, 1.807) is 0 Å². The number of aromatic nitrogens is 2. The SMILES string of the molecule is CC[C@H](NCC(N)=O)c1c(C)nn(C)c1C. The highest BCUT2D eigenvalue weighted by Gasteiger charge is 2.18. The number of nitrogens with one attached hydrogen (secondary N) is 1. The highest BCUT2D eigenvalue weighted by molar-refractivity contribution is 5.75. The molecule has 5 nitrogen and oxygen atoms in total. The van der Waals surface area contributed by atoms with Gasteiger partial charge in [0, 0.05) is 24.3 Å². The third-order valence-electron chi connectivity index (χ3n) is 2.84. The van der Waals surface area contributed by atoms with E-state index in [4.69, 9.17) is 5.73 Å².